The van der Waals surface area contributed by atoms with Gasteiger partial charge in [-0.3, -0.25) is 19.4 Å². The molecule has 10 rings (SSSR count). The van der Waals surface area contributed by atoms with Crippen molar-refractivity contribution in [1.82, 2.24) is 39.5 Å². The van der Waals surface area contributed by atoms with Gasteiger partial charge >= 0.3 is 12.2 Å². The van der Waals surface area contributed by atoms with Crippen LogP contribution in [0.2, 0.25) is 0 Å². The van der Waals surface area contributed by atoms with Crippen molar-refractivity contribution in [3.63, 3.8) is 0 Å². The SMILES string of the molecule is CNc1nccc(N(C(=O)Oc2cc(C(=O)Cc3ccc(CN4CCN(C)CC4)c(C(C)(F)F)c3)ccc2C)c2ccc(OC)cc2OC)n1.COc1ccc(N(C(=O)Oc2cc(C(=O)Cc3ccc(CN4CCN(C)CC4)c(C(C)(F)F)c3)ccc2C)c2ccnc(N)n2)c(OC)c1. The lowest BCUT2D eigenvalue weighted by atomic mass is 9.95. The van der Waals surface area contributed by atoms with Crippen LogP contribution in [0, 0.1) is 13.8 Å². The number of nitrogens with one attached hydrogen (secondary N) is 1. The van der Waals surface area contributed by atoms with Crippen molar-refractivity contribution in [2.75, 3.05) is 123 Å². The van der Waals surface area contributed by atoms with Crippen molar-refractivity contribution < 1.29 is 65.2 Å². The molecule has 4 heterocycles. The quantitative estimate of drug-likeness (QED) is 0.0447. The number of nitrogens with two attached hydrogens (primary N) is 1. The van der Waals surface area contributed by atoms with Gasteiger partial charge in [0, 0.05) is 158 Å². The number of amides is 2. The maximum Gasteiger partial charge on any atom is 0.425 e. The number of ether oxygens (including phenoxy) is 6. The van der Waals surface area contributed by atoms with Gasteiger partial charge in [-0.15, -0.1) is 0 Å². The van der Waals surface area contributed by atoms with Gasteiger partial charge < -0.3 is 49.3 Å². The highest BCUT2D eigenvalue weighted by Crippen LogP contribution is 2.40. The van der Waals surface area contributed by atoms with E-state index in [1.807, 2.05) is 14.1 Å². The minimum Gasteiger partial charge on any atom is -0.497 e. The van der Waals surface area contributed by atoms with Gasteiger partial charge in [-0.1, -0.05) is 48.5 Å². The predicted molar refractivity (Wildman–Crippen MR) is 369 cm³/mol. The molecule has 2 saturated heterocycles. The van der Waals surface area contributed by atoms with E-state index in [0.717, 1.165) is 66.2 Å². The Morgan fingerprint density at radius 1 is 0.515 bits per heavy atom. The van der Waals surface area contributed by atoms with E-state index in [-0.39, 0.29) is 87.4 Å². The number of benzene rings is 6. The number of carbonyl (C=O) groups excluding carboxylic acids is 4. The number of nitrogen functional groups attached to an aromatic ring is 1. The maximum atomic E-state index is 14.8. The fourth-order valence-corrected chi connectivity index (χ4v) is 11.3. The largest absolute Gasteiger partial charge is 0.497 e. The van der Waals surface area contributed by atoms with E-state index in [1.165, 1.54) is 81.0 Å². The van der Waals surface area contributed by atoms with Gasteiger partial charge in [-0.2, -0.15) is 9.97 Å². The number of piperazine rings is 2. The van der Waals surface area contributed by atoms with Crippen LogP contribution in [-0.4, -0.2) is 165 Å². The van der Waals surface area contributed by atoms with Gasteiger partial charge in [0.15, 0.2) is 11.6 Å². The molecule has 0 unspecified atom stereocenters. The van der Waals surface area contributed by atoms with Crippen molar-refractivity contribution >= 4 is 58.7 Å². The Bertz CT molecular complexity index is 4200. The van der Waals surface area contributed by atoms with Crippen LogP contribution in [0.4, 0.5) is 62.1 Å². The Morgan fingerprint density at radius 2 is 0.929 bits per heavy atom. The molecule has 2 aliphatic heterocycles. The summed E-state index contributed by atoms with van der Waals surface area (Å²) in [5.74, 6) is -4.40. The summed E-state index contributed by atoms with van der Waals surface area (Å²) < 4.78 is 92.8. The average molecular weight is 1360 g/mol. The summed E-state index contributed by atoms with van der Waals surface area (Å²) in [7, 11) is 11.7. The van der Waals surface area contributed by atoms with Crippen LogP contribution >= 0.6 is 0 Å². The number of nitrogens with zero attached hydrogens (tertiary/aromatic N) is 10. The number of aryl methyl sites for hydroxylation is 2. The second-order valence-corrected chi connectivity index (χ2v) is 24.3. The van der Waals surface area contributed by atoms with E-state index in [2.05, 4.69) is 44.9 Å². The maximum absolute atomic E-state index is 14.8. The van der Waals surface area contributed by atoms with Gasteiger partial charge in [0.25, 0.3) is 11.8 Å². The molecule has 0 spiro atoms. The lowest BCUT2D eigenvalue weighted by Crippen LogP contribution is -2.44. The van der Waals surface area contributed by atoms with Crippen LogP contribution in [0.3, 0.4) is 0 Å². The van der Waals surface area contributed by atoms with Crippen molar-refractivity contribution in [2.45, 2.75) is 65.5 Å². The summed E-state index contributed by atoms with van der Waals surface area (Å²) in [6.45, 7) is 12.8. The third-order valence-corrected chi connectivity index (χ3v) is 17.0. The van der Waals surface area contributed by atoms with Crippen molar-refractivity contribution in [2.24, 2.45) is 0 Å². The van der Waals surface area contributed by atoms with E-state index in [0.29, 0.717) is 75.2 Å². The summed E-state index contributed by atoms with van der Waals surface area (Å²) in [6, 6.07) is 32.0. The lowest BCUT2D eigenvalue weighted by Gasteiger charge is -2.33. The van der Waals surface area contributed by atoms with E-state index in [9.17, 15) is 36.7 Å². The smallest absolute Gasteiger partial charge is 0.425 e. The number of rotatable bonds is 23. The first-order valence-electron chi connectivity index (χ1n) is 31.9. The number of methoxy groups -OCH3 is 4. The van der Waals surface area contributed by atoms with Crippen LogP contribution in [0.15, 0.2) is 134 Å². The number of likely N-dealkylation sites (N-methyl/N-ethyl adjacent to an activating group) is 2. The zero-order chi connectivity index (χ0) is 71.3. The predicted octanol–water partition coefficient (Wildman–Crippen LogP) is 12.5. The summed E-state index contributed by atoms with van der Waals surface area (Å²) in [4.78, 5) is 82.7. The number of carbonyl (C=O) groups is 4. The molecule has 0 saturated carbocycles. The fourth-order valence-electron chi connectivity index (χ4n) is 11.3. The second-order valence-electron chi connectivity index (χ2n) is 24.3. The van der Waals surface area contributed by atoms with Crippen LogP contribution < -0.4 is 49.3 Å². The summed E-state index contributed by atoms with van der Waals surface area (Å²) in [5, 5.41) is 2.86. The number of Topliss-reactive ketones (excluding diaryl/α,β-unsaturated/α-hetero) is 2. The van der Waals surface area contributed by atoms with Gasteiger partial charge in [-0.05, 0) is 110 Å². The molecule has 0 atom stereocenters. The molecule has 3 N–H and O–H groups in total. The molecule has 0 bridgehead atoms. The standard InChI is InChI=1S/C37H42F2N6O5.C36H40F2N6O5/c1-24-7-9-26(31(46)20-25-8-10-27(29(19-25)37(2,38)39)23-44-17-15-43(4)16-18-44)21-32(24)50-36(47)45(34-13-14-41-35(40-3)42-34)30-12-11-28(48-5)22-33(30)49-6;1-23-6-8-25(30(45)19-24-7-9-26(28(18-24)36(2,37)38)22-43-16-14-42(3)15-17-43)20-31(23)49-35(46)44(33-12-13-40-34(39)41-33)29-11-10-27(47-4)21-32(29)48-5/h7-14,19,21-22H,15-18,20,23H2,1-6H3,(H,40,41,42);6-13,18,20-21H,14-17,19,22H2,1-5H3,(H2,39,40,41). The molecule has 522 valence electrons. The Labute approximate surface area is 573 Å². The van der Waals surface area contributed by atoms with E-state index < -0.39 is 24.0 Å². The molecule has 6 aromatic carbocycles. The first-order valence-corrected chi connectivity index (χ1v) is 31.9. The summed E-state index contributed by atoms with van der Waals surface area (Å²) in [6.07, 6.45) is 0.971. The first kappa shape index (κ1) is 73.0. The van der Waals surface area contributed by atoms with Crippen molar-refractivity contribution in [1.29, 1.82) is 0 Å². The van der Waals surface area contributed by atoms with Crippen LogP contribution in [0.1, 0.15) is 79.1 Å². The second kappa shape index (κ2) is 32.4. The number of alkyl halides is 4. The first-order chi connectivity index (χ1) is 47.2. The molecule has 0 radical (unpaired) electrons. The molecule has 26 heteroatoms. The molecule has 2 fully saturated rings. The zero-order valence-corrected chi connectivity index (χ0v) is 57.3. The minimum absolute atomic E-state index is 0.0668. The normalized spacial score (nSPS) is 13.9. The number of anilines is 6. The van der Waals surface area contributed by atoms with E-state index in [1.54, 1.807) is 112 Å². The number of halogens is 4. The van der Waals surface area contributed by atoms with Gasteiger partial charge in [-0.25, -0.2) is 46.9 Å². The monoisotopic (exact) mass is 1360 g/mol. The van der Waals surface area contributed by atoms with Crippen molar-refractivity contribution in [3.8, 4) is 34.5 Å². The lowest BCUT2D eigenvalue weighted by molar-refractivity contribution is 0.0147. The van der Waals surface area contributed by atoms with E-state index >= 15 is 0 Å². The van der Waals surface area contributed by atoms with Gasteiger partial charge in [0.2, 0.25) is 11.9 Å². The third-order valence-electron chi connectivity index (χ3n) is 17.0. The molecule has 2 aromatic heterocycles. The summed E-state index contributed by atoms with van der Waals surface area (Å²) >= 11 is 0. The van der Waals surface area contributed by atoms with Crippen LogP contribution in [0.25, 0.3) is 0 Å². The summed E-state index contributed by atoms with van der Waals surface area (Å²) in [5.41, 5.74) is 9.98. The molecular weight excluding hydrogens is 1280 g/mol. The Balaban J connectivity index is 0.000000231. The van der Waals surface area contributed by atoms with Crippen LogP contribution in [-0.2, 0) is 37.8 Å². The minimum atomic E-state index is -3.08. The highest BCUT2D eigenvalue weighted by atomic mass is 19.3. The Morgan fingerprint density at radius 3 is 1.31 bits per heavy atom. The molecule has 22 nitrogen and oxygen atoms in total. The molecule has 8 aromatic rings. The highest BCUT2D eigenvalue weighted by molar-refractivity contribution is 6.01. The molecule has 2 amide bonds. The zero-order valence-electron chi connectivity index (χ0n) is 57.3. The number of hydrogen-bond donors (Lipinski definition) is 2. The Kier molecular flexibility index (Phi) is 23.9. The molecule has 99 heavy (non-hydrogen) atoms. The highest BCUT2D eigenvalue weighted by Gasteiger charge is 2.33. The Hall–Kier alpha value is -10.3. The number of aromatic nitrogens is 4. The number of hydrogen-bond acceptors (Lipinski definition) is 20. The van der Waals surface area contributed by atoms with Crippen molar-refractivity contribution in [3.05, 3.63) is 189 Å². The molecule has 0 aliphatic carbocycles. The fraction of sp³-hybridized carbons (Fsp3) is 0.342. The van der Waals surface area contributed by atoms with Gasteiger partial charge in [0.1, 0.15) is 46.1 Å². The number of ketones is 2. The van der Waals surface area contributed by atoms with Crippen LogP contribution in [0.5, 0.6) is 34.5 Å². The third kappa shape index (κ3) is 18.7. The van der Waals surface area contributed by atoms with E-state index in [4.69, 9.17) is 34.2 Å². The topological polar surface area (TPSA) is 233 Å². The molecular formula is C73H82F4N12O10. The average Bonchev–Trinajstić information content (AvgIpc) is 0.811. The molecule has 2 aliphatic rings. The van der Waals surface area contributed by atoms with Gasteiger partial charge in [0.05, 0.1) is 39.8 Å².